The van der Waals surface area contributed by atoms with Crippen LogP contribution in [0.25, 0.3) is 10.8 Å². The second-order valence-electron chi connectivity index (χ2n) is 5.01. The number of nitrogens with zero attached hydrogens (tertiary/aromatic N) is 2. The van der Waals surface area contributed by atoms with Gasteiger partial charge in [-0.2, -0.15) is 13.5 Å². The molecule has 0 aromatic heterocycles. The van der Waals surface area contributed by atoms with Crippen LogP contribution in [0.15, 0.2) is 69.7 Å². The zero-order chi connectivity index (χ0) is 17.3. The summed E-state index contributed by atoms with van der Waals surface area (Å²) >= 11 is 5.88. The molecule has 123 valence electrons. The van der Waals surface area contributed by atoms with E-state index in [-0.39, 0.29) is 45.8 Å². The van der Waals surface area contributed by atoms with Crippen molar-refractivity contribution < 1.29 is 13.0 Å². The molecule has 0 spiro atoms. The number of anilines is 1. The molecule has 0 heterocycles. The van der Waals surface area contributed by atoms with Crippen molar-refractivity contribution in [2.75, 3.05) is 5.73 Å². The number of azo groups is 1. The van der Waals surface area contributed by atoms with Crippen molar-refractivity contribution in [3.63, 3.8) is 0 Å². The van der Waals surface area contributed by atoms with E-state index in [9.17, 15) is 13.0 Å². The van der Waals surface area contributed by atoms with Gasteiger partial charge < -0.3 is 5.73 Å². The molecule has 0 fully saturated rings. The summed E-state index contributed by atoms with van der Waals surface area (Å²) in [6.45, 7) is 0. The first-order valence-electron chi connectivity index (χ1n) is 6.82. The molecule has 25 heavy (non-hydrogen) atoms. The van der Waals surface area contributed by atoms with Crippen LogP contribution in [0, 0.1) is 0 Å². The van der Waals surface area contributed by atoms with Crippen molar-refractivity contribution >= 4 is 79.1 Å². The number of hydrogen-bond donors (Lipinski definition) is 2. The van der Waals surface area contributed by atoms with Crippen LogP contribution in [0.2, 0.25) is 5.02 Å². The third-order valence-electron chi connectivity index (χ3n) is 3.39. The van der Waals surface area contributed by atoms with Crippen molar-refractivity contribution in [1.29, 1.82) is 0 Å². The van der Waals surface area contributed by atoms with Gasteiger partial charge in [-0.25, -0.2) is 0 Å². The monoisotopic (exact) mass is 384 g/mol. The second kappa shape index (κ2) is 7.82. The Morgan fingerprint density at radius 2 is 1.64 bits per heavy atom. The van der Waals surface area contributed by atoms with Gasteiger partial charge in [-0.1, -0.05) is 41.9 Å². The molecule has 1 radical (unpaired) electrons. The number of benzene rings is 3. The van der Waals surface area contributed by atoms with Gasteiger partial charge in [0.25, 0.3) is 10.1 Å². The van der Waals surface area contributed by atoms with Gasteiger partial charge in [0.05, 0.1) is 11.4 Å². The van der Waals surface area contributed by atoms with Gasteiger partial charge in [0.1, 0.15) is 10.6 Å². The Morgan fingerprint density at radius 1 is 0.960 bits per heavy atom. The van der Waals surface area contributed by atoms with E-state index < -0.39 is 10.1 Å². The minimum absolute atomic E-state index is 0. The van der Waals surface area contributed by atoms with Crippen LogP contribution < -0.4 is 5.73 Å². The van der Waals surface area contributed by atoms with Gasteiger partial charge in [0, 0.05) is 45.4 Å². The molecule has 3 N–H and O–H groups in total. The fourth-order valence-corrected chi connectivity index (χ4v) is 3.20. The van der Waals surface area contributed by atoms with Crippen molar-refractivity contribution in [1.82, 2.24) is 0 Å². The van der Waals surface area contributed by atoms with E-state index >= 15 is 0 Å². The Kier molecular flexibility index (Phi) is 6.21. The van der Waals surface area contributed by atoms with Crippen LogP contribution in [0.1, 0.15) is 0 Å². The van der Waals surface area contributed by atoms with Crippen LogP contribution >= 0.6 is 11.6 Å². The zero-order valence-corrected chi connectivity index (χ0v) is 16.8. The maximum Gasteiger partial charge on any atom is 0.295 e. The number of rotatable bonds is 3. The molecule has 0 saturated heterocycles. The average Bonchev–Trinajstić information content (AvgIpc) is 2.53. The molecule has 0 saturated carbocycles. The zero-order valence-electron chi connectivity index (χ0n) is 13.2. The van der Waals surface area contributed by atoms with Crippen molar-refractivity contribution in [3.05, 3.63) is 59.6 Å². The summed E-state index contributed by atoms with van der Waals surface area (Å²) in [5.41, 5.74) is 6.97. The van der Waals surface area contributed by atoms with E-state index in [1.807, 2.05) is 0 Å². The third-order valence-corrected chi connectivity index (χ3v) is 4.51. The Hall–Kier alpha value is -1.48. The van der Waals surface area contributed by atoms with Crippen LogP contribution in [0.4, 0.5) is 17.1 Å². The largest absolute Gasteiger partial charge is 0.396 e. The molecule has 3 aromatic carbocycles. The summed E-state index contributed by atoms with van der Waals surface area (Å²) in [6.07, 6.45) is 0. The molecule has 9 heteroatoms. The van der Waals surface area contributed by atoms with Crippen molar-refractivity contribution in [2.24, 2.45) is 10.2 Å². The van der Waals surface area contributed by atoms with E-state index in [1.165, 1.54) is 6.07 Å². The minimum atomic E-state index is -4.44. The molecule has 0 amide bonds. The molecule has 0 bridgehead atoms. The average molecular weight is 385 g/mol. The molecule has 3 rings (SSSR count). The first-order valence-corrected chi connectivity index (χ1v) is 8.64. The summed E-state index contributed by atoms with van der Waals surface area (Å²) in [5.74, 6) is 0. The molecule has 0 aliphatic carbocycles. The number of hydrogen-bond acceptors (Lipinski definition) is 5. The summed E-state index contributed by atoms with van der Waals surface area (Å²) in [7, 11) is -4.44. The summed E-state index contributed by atoms with van der Waals surface area (Å²) in [5, 5.41) is 9.30. The molecule has 0 aliphatic heterocycles. The van der Waals surface area contributed by atoms with E-state index in [1.54, 1.807) is 48.5 Å². The normalized spacial score (nSPS) is 11.6. The van der Waals surface area contributed by atoms with Crippen LogP contribution in [-0.2, 0) is 10.1 Å². The third kappa shape index (κ3) is 4.38. The van der Waals surface area contributed by atoms with E-state index in [0.29, 0.717) is 21.5 Å². The van der Waals surface area contributed by atoms with E-state index in [0.717, 1.165) is 0 Å². The van der Waals surface area contributed by atoms with Gasteiger partial charge in [0.2, 0.25) is 0 Å². The topological polar surface area (TPSA) is 105 Å². The van der Waals surface area contributed by atoms with E-state index in [2.05, 4.69) is 10.2 Å². The van der Waals surface area contributed by atoms with Crippen LogP contribution in [0.3, 0.4) is 0 Å². The molecular weight excluding hydrogens is 373 g/mol. The Bertz CT molecular complexity index is 1070. The number of nitrogen functional groups attached to an aromatic ring is 1. The van der Waals surface area contributed by atoms with Crippen molar-refractivity contribution in [2.45, 2.75) is 4.90 Å². The Labute approximate surface area is 171 Å². The first-order chi connectivity index (χ1) is 11.4. The number of halogens is 1. The van der Waals surface area contributed by atoms with Crippen LogP contribution in [-0.4, -0.2) is 42.5 Å². The van der Waals surface area contributed by atoms with Gasteiger partial charge in [-0.05, 0) is 24.3 Å². The fourth-order valence-electron chi connectivity index (χ4n) is 2.30. The van der Waals surface area contributed by atoms with Gasteiger partial charge in [0.15, 0.2) is 0 Å². The number of fused-ring (bicyclic) bond motifs is 1. The molecule has 3 aromatic rings. The van der Waals surface area contributed by atoms with E-state index in [4.69, 9.17) is 17.3 Å². The first kappa shape index (κ1) is 19.8. The Balaban J connectivity index is 0.00000225. The summed E-state index contributed by atoms with van der Waals surface area (Å²) in [4.78, 5) is -0.271. The molecule has 0 aliphatic rings. The molecule has 0 unspecified atom stereocenters. The summed E-state index contributed by atoms with van der Waals surface area (Å²) in [6, 6.07) is 14.5. The van der Waals surface area contributed by atoms with Gasteiger partial charge in [-0.3, -0.25) is 4.55 Å². The van der Waals surface area contributed by atoms with Gasteiger partial charge >= 0.3 is 0 Å². The fraction of sp³-hybridized carbons (Fsp3) is 0. The Morgan fingerprint density at radius 3 is 2.28 bits per heavy atom. The van der Waals surface area contributed by atoms with Gasteiger partial charge in [-0.15, -0.1) is 5.11 Å². The summed E-state index contributed by atoms with van der Waals surface area (Å²) < 4.78 is 32.8. The smallest absolute Gasteiger partial charge is 0.295 e. The SMILES string of the molecule is Nc1c(N=Nc2cccc(Cl)c2)cc(S(=O)(=O)O)c2ccccc12.[Na]. The maximum absolute atomic E-state index is 11.7. The standard InChI is InChI=1S/C16H12ClN3O3S.Na/c17-10-4-3-5-11(8-10)19-20-14-9-15(24(21,22)23)12-6-1-2-7-13(12)16(14)18;/h1-9H,18H2,(H,21,22,23);. The molecular formula is C16H12ClN3NaO3S. The molecule has 6 nitrogen and oxygen atoms in total. The number of nitrogens with two attached hydrogens (primary N) is 1. The van der Waals surface area contributed by atoms with Crippen molar-refractivity contribution in [3.8, 4) is 0 Å². The van der Waals surface area contributed by atoms with Crippen LogP contribution in [0.5, 0.6) is 0 Å². The predicted octanol–water partition coefficient (Wildman–Crippen LogP) is 4.36. The molecule has 0 atom stereocenters. The quantitative estimate of drug-likeness (QED) is 0.303. The second-order valence-corrected chi connectivity index (χ2v) is 6.83. The maximum atomic E-state index is 11.7. The predicted molar refractivity (Wildman–Crippen MR) is 99.6 cm³/mol. The minimum Gasteiger partial charge on any atom is -0.396 e.